The van der Waals surface area contributed by atoms with E-state index in [1.165, 1.54) is 18.6 Å². The van der Waals surface area contributed by atoms with Crippen molar-refractivity contribution in [1.29, 1.82) is 0 Å². The lowest BCUT2D eigenvalue weighted by atomic mass is 10.0. The van der Waals surface area contributed by atoms with Gasteiger partial charge in [0.15, 0.2) is 0 Å². The number of rotatable bonds is 6. The molecule has 0 bridgehead atoms. The SMILES string of the molecule is Cl.NCC1CCCCN1CC(=O)NCCc1ccc(F)cc1. The predicted octanol–water partition coefficient (Wildman–Crippen LogP) is 1.72. The Morgan fingerprint density at radius 3 is 2.73 bits per heavy atom. The molecule has 1 aliphatic heterocycles. The summed E-state index contributed by atoms with van der Waals surface area (Å²) in [4.78, 5) is 14.1. The standard InChI is InChI=1S/C16H24FN3O.ClH/c17-14-6-4-13(5-7-14)8-9-19-16(21)12-20-10-2-1-3-15(20)11-18;/h4-7,15H,1-3,8-12,18H2,(H,19,21);1H. The fourth-order valence-corrected chi connectivity index (χ4v) is 2.77. The van der Waals surface area contributed by atoms with E-state index in [0.29, 0.717) is 32.1 Å². The number of carbonyl (C=O) groups is 1. The van der Waals surface area contributed by atoms with Gasteiger partial charge in [-0.15, -0.1) is 12.4 Å². The topological polar surface area (TPSA) is 58.4 Å². The van der Waals surface area contributed by atoms with Crippen LogP contribution in [0.25, 0.3) is 0 Å². The fraction of sp³-hybridized carbons (Fsp3) is 0.562. The van der Waals surface area contributed by atoms with Crippen LogP contribution < -0.4 is 11.1 Å². The molecule has 0 radical (unpaired) electrons. The molecule has 1 aliphatic rings. The molecule has 0 aliphatic carbocycles. The van der Waals surface area contributed by atoms with Gasteiger partial charge in [-0.3, -0.25) is 9.69 Å². The van der Waals surface area contributed by atoms with Crippen LogP contribution in [0, 0.1) is 5.82 Å². The van der Waals surface area contributed by atoms with E-state index in [4.69, 9.17) is 5.73 Å². The molecular weight excluding hydrogens is 305 g/mol. The van der Waals surface area contributed by atoms with Crippen molar-refractivity contribution in [3.63, 3.8) is 0 Å². The zero-order valence-corrected chi connectivity index (χ0v) is 13.6. The number of halogens is 2. The van der Waals surface area contributed by atoms with Gasteiger partial charge in [0.05, 0.1) is 6.54 Å². The van der Waals surface area contributed by atoms with Crippen LogP contribution in [0.4, 0.5) is 4.39 Å². The number of likely N-dealkylation sites (tertiary alicyclic amines) is 1. The third-order valence-electron chi connectivity index (χ3n) is 4.02. The molecule has 1 heterocycles. The molecule has 1 saturated heterocycles. The minimum atomic E-state index is -0.235. The van der Waals surface area contributed by atoms with Gasteiger partial charge in [0.1, 0.15) is 5.82 Å². The van der Waals surface area contributed by atoms with Crippen molar-refractivity contribution in [1.82, 2.24) is 10.2 Å². The van der Waals surface area contributed by atoms with Crippen LogP contribution in [0.15, 0.2) is 24.3 Å². The molecule has 1 fully saturated rings. The maximum absolute atomic E-state index is 12.8. The minimum absolute atomic E-state index is 0. The second-order valence-electron chi connectivity index (χ2n) is 5.58. The fourth-order valence-electron chi connectivity index (χ4n) is 2.77. The Kier molecular flexibility index (Phi) is 8.38. The van der Waals surface area contributed by atoms with Gasteiger partial charge in [0, 0.05) is 19.1 Å². The highest BCUT2D eigenvalue weighted by molar-refractivity contribution is 5.85. The first-order chi connectivity index (χ1) is 10.2. The lowest BCUT2D eigenvalue weighted by Gasteiger charge is -2.34. The average Bonchev–Trinajstić information content (AvgIpc) is 2.50. The molecular formula is C16H25ClFN3O. The van der Waals surface area contributed by atoms with E-state index in [9.17, 15) is 9.18 Å². The molecule has 2 rings (SSSR count). The first kappa shape index (κ1) is 18.9. The molecule has 4 nitrogen and oxygen atoms in total. The molecule has 1 aromatic rings. The van der Waals surface area contributed by atoms with Crippen molar-refractivity contribution < 1.29 is 9.18 Å². The van der Waals surface area contributed by atoms with Gasteiger partial charge in [-0.05, 0) is 43.5 Å². The summed E-state index contributed by atoms with van der Waals surface area (Å²) in [6, 6.07) is 6.71. The molecule has 0 spiro atoms. The number of nitrogens with one attached hydrogen (secondary N) is 1. The molecule has 124 valence electrons. The Hall–Kier alpha value is -1.17. The summed E-state index contributed by atoms with van der Waals surface area (Å²) in [5.74, 6) is -0.196. The predicted molar refractivity (Wildman–Crippen MR) is 88.6 cm³/mol. The summed E-state index contributed by atoms with van der Waals surface area (Å²) in [5.41, 5.74) is 6.78. The molecule has 3 N–H and O–H groups in total. The molecule has 0 aromatic heterocycles. The number of hydrogen-bond donors (Lipinski definition) is 2. The Balaban J connectivity index is 0.00000242. The zero-order chi connectivity index (χ0) is 15.1. The van der Waals surface area contributed by atoms with E-state index < -0.39 is 0 Å². The molecule has 22 heavy (non-hydrogen) atoms. The lowest BCUT2D eigenvalue weighted by molar-refractivity contribution is -0.123. The van der Waals surface area contributed by atoms with E-state index >= 15 is 0 Å². The number of piperidine rings is 1. The number of carbonyl (C=O) groups excluding carboxylic acids is 1. The first-order valence-electron chi connectivity index (χ1n) is 7.64. The highest BCUT2D eigenvalue weighted by atomic mass is 35.5. The monoisotopic (exact) mass is 329 g/mol. The summed E-state index contributed by atoms with van der Waals surface area (Å²) in [6.45, 7) is 2.56. The van der Waals surface area contributed by atoms with Crippen molar-refractivity contribution in [2.24, 2.45) is 5.73 Å². The van der Waals surface area contributed by atoms with Crippen molar-refractivity contribution >= 4 is 18.3 Å². The van der Waals surface area contributed by atoms with Gasteiger partial charge >= 0.3 is 0 Å². The Labute approximate surface area is 137 Å². The number of amides is 1. The third-order valence-corrected chi connectivity index (χ3v) is 4.02. The van der Waals surface area contributed by atoms with Crippen LogP contribution in [0.2, 0.25) is 0 Å². The number of benzene rings is 1. The van der Waals surface area contributed by atoms with Crippen LogP contribution in [0.1, 0.15) is 24.8 Å². The minimum Gasteiger partial charge on any atom is -0.355 e. The molecule has 1 atom stereocenters. The molecule has 0 saturated carbocycles. The quantitative estimate of drug-likeness (QED) is 0.835. The summed E-state index contributed by atoms with van der Waals surface area (Å²) in [6.07, 6.45) is 4.13. The third kappa shape index (κ3) is 5.91. The summed E-state index contributed by atoms with van der Waals surface area (Å²) in [5, 5.41) is 2.92. The summed E-state index contributed by atoms with van der Waals surface area (Å²) < 4.78 is 12.8. The highest BCUT2D eigenvalue weighted by Gasteiger charge is 2.22. The van der Waals surface area contributed by atoms with Crippen molar-refractivity contribution in [2.45, 2.75) is 31.7 Å². The van der Waals surface area contributed by atoms with Crippen LogP contribution in [0.5, 0.6) is 0 Å². The van der Waals surface area contributed by atoms with Gasteiger partial charge < -0.3 is 11.1 Å². The maximum Gasteiger partial charge on any atom is 0.234 e. The smallest absolute Gasteiger partial charge is 0.234 e. The van der Waals surface area contributed by atoms with E-state index in [0.717, 1.165) is 24.9 Å². The largest absolute Gasteiger partial charge is 0.355 e. The Bertz CT molecular complexity index is 455. The van der Waals surface area contributed by atoms with Crippen molar-refractivity contribution in [2.75, 3.05) is 26.2 Å². The van der Waals surface area contributed by atoms with Gasteiger partial charge in [-0.1, -0.05) is 18.6 Å². The Morgan fingerprint density at radius 1 is 1.32 bits per heavy atom. The van der Waals surface area contributed by atoms with Crippen molar-refractivity contribution in [3.8, 4) is 0 Å². The molecule has 1 unspecified atom stereocenters. The van der Waals surface area contributed by atoms with E-state index in [1.807, 2.05) is 0 Å². The normalized spacial score (nSPS) is 18.5. The lowest BCUT2D eigenvalue weighted by Crippen LogP contribution is -2.48. The first-order valence-corrected chi connectivity index (χ1v) is 7.64. The summed E-state index contributed by atoms with van der Waals surface area (Å²) >= 11 is 0. The highest BCUT2D eigenvalue weighted by Crippen LogP contribution is 2.15. The second kappa shape index (κ2) is 9.77. The van der Waals surface area contributed by atoms with E-state index in [2.05, 4.69) is 10.2 Å². The van der Waals surface area contributed by atoms with Crippen LogP contribution in [-0.4, -0.2) is 43.0 Å². The van der Waals surface area contributed by atoms with E-state index in [-0.39, 0.29) is 24.1 Å². The van der Waals surface area contributed by atoms with Gasteiger partial charge in [0.2, 0.25) is 5.91 Å². The maximum atomic E-state index is 12.8. The van der Waals surface area contributed by atoms with E-state index in [1.54, 1.807) is 12.1 Å². The number of hydrogen-bond acceptors (Lipinski definition) is 3. The number of nitrogens with zero attached hydrogens (tertiary/aromatic N) is 1. The Morgan fingerprint density at radius 2 is 2.05 bits per heavy atom. The van der Waals surface area contributed by atoms with Crippen LogP contribution in [-0.2, 0) is 11.2 Å². The molecule has 1 aromatic carbocycles. The van der Waals surface area contributed by atoms with Crippen LogP contribution >= 0.6 is 12.4 Å². The second-order valence-corrected chi connectivity index (χ2v) is 5.58. The summed E-state index contributed by atoms with van der Waals surface area (Å²) in [7, 11) is 0. The zero-order valence-electron chi connectivity index (χ0n) is 12.8. The van der Waals surface area contributed by atoms with Gasteiger partial charge in [0.25, 0.3) is 0 Å². The average molecular weight is 330 g/mol. The van der Waals surface area contributed by atoms with Gasteiger partial charge in [-0.2, -0.15) is 0 Å². The number of nitrogens with two attached hydrogens (primary N) is 1. The van der Waals surface area contributed by atoms with Gasteiger partial charge in [-0.25, -0.2) is 4.39 Å². The van der Waals surface area contributed by atoms with Crippen molar-refractivity contribution in [3.05, 3.63) is 35.6 Å². The molecule has 1 amide bonds. The van der Waals surface area contributed by atoms with Crippen LogP contribution in [0.3, 0.4) is 0 Å². The molecule has 6 heteroatoms.